The third kappa shape index (κ3) is 4.22. The first kappa shape index (κ1) is 19.6. The number of likely N-dealkylation sites (N-methyl/N-ethyl adjacent to an activating group) is 1. The van der Waals surface area contributed by atoms with Gasteiger partial charge in [-0.25, -0.2) is 4.39 Å². The van der Waals surface area contributed by atoms with Crippen LogP contribution >= 0.6 is 0 Å². The van der Waals surface area contributed by atoms with Crippen molar-refractivity contribution in [3.8, 4) is 17.0 Å². The molecule has 2 aromatic carbocycles. The van der Waals surface area contributed by atoms with Crippen molar-refractivity contribution in [2.45, 2.75) is 13.3 Å². The van der Waals surface area contributed by atoms with E-state index in [0.29, 0.717) is 17.8 Å². The van der Waals surface area contributed by atoms with Gasteiger partial charge in [-0.2, -0.15) is 5.10 Å². The van der Waals surface area contributed by atoms with E-state index in [1.165, 1.54) is 6.07 Å². The smallest absolute Gasteiger partial charge is 0.274 e. The number of carbonyl (C=O) groups excluding carboxylic acids is 1. The molecule has 1 aromatic heterocycles. The van der Waals surface area contributed by atoms with Gasteiger partial charge in [0.05, 0.1) is 12.8 Å². The first-order valence-electron chi connectivity index (χ1n) is 9.08. The molecule has 5 nitrogen and oxygen atoms in total. The molecule has 6 heteroatoms. The number of carbonyl (C=O) groups is 1. The minimum Gasteiger partial charge on any atom is -0.497 e. The highest BCUT2D eigenvalue weighted by atomic mass is 19.1. The lowest BCUT2D eigenvalue weighted by Crippen LogP contribution is -2.29. The zero-order valence-electron chi connectivity index (χ0n) is 16.6. The summed E-state index contributed by atoms with van der Waals surface area (Å²) in [6, 6.07) is 14.4. The van der Waals surface area contributed by atoms with E-state index >= 15 is 0 Å². The molecule has 1 heterocycles. The third-order valence-electron chi connectivity index (χ3n) is 4.79. The molecule has 0 saturated heterocycles. The van der Waals surface area contributed by atoms with E-state index < -0.39 is 0 Å². The lowest BCUT2D eigenvalue weighted by Gasteiger charge is -2.15. The molecule has 0 saturated carbocycles. The third-order valence-corrected chi connectivity index (χ3v) is 4.79. The van der Waals surface area contributed by atoms with Crippen LogP contribution in [-0.4, -0.2) is 41.3 Å². The fourth-order valence-electron chi connectivity index (χ4n) is 3.03. The largest absolute Gasteiger partial charge is 0.497 e. The van der Waals surface area contributed by atoms with E-state index in [-0.39, 0.29) is 11.7 Å². The summed E-state index contributed by atoms with van der Waals surface area (Å²) in [6.07, 6.45) is 0.739. The fourth-order valence-corrected chi connectivity index (χ4v) is 3.03. The molecule has 146 valence electrons. The van der Waals surface area contributed by atoms with Crippen molar-refractivity contribution < 1.29 is 13.9 Å². The average molecular weight is 381 g/mol. The molecule has 0 N–H and O–H groups in total. The van der Waals surface area contributed by atoms with Crippen molar-refractivity contribution in [1.82, 2.24) is 14.7 Å². The molecule has 3 rings (SSSR count). The molecule has 0 fully saturated rings. The summed E-state index contributed by atoms with van der Waals surface area (Å²) >= 11 is 0. The Balaban J connectivity index is 1.70. The van der Waals surface area contributed by atoms with Crippen molar-refractivity contribution >= 4 is 5.91 Å². The molecule has 0 radical (unpaired) electrons. The molecular weight excluding hydrogens is 357 g/mol. The van der Waals surface area contributed by atoms with E-state index in [9.17, 15) is 9.18 Å². The molecule has 0 spiro atoms. The highest BCUT2D eigenvalue weighted by Crippen LogP contribution is 2.23. The Morgan fingerprint density at radius 3 is 2.54 bits per heavy atom. The van der Waals surface area contributed by atoms with Crippen LogP contribution in [0.25, 0.3) is 11.3 Å². The van der Waals surface area contributed by atoms with Gasteiger partial charge >= 0.3 is 0 Å². The van der Waals surface area contributed by atoms with Crippen LogP contribution in [0.1, 0.15) is 21.6 Å². The van der Waals surface area contributed by atoms with Gasteiger partial charge in [0.1, 0.15) is 11.6 Å². The standard InChI is InChI=1S/C22H24FN3O2/c1-15-13-17(7-10-19(15)23)21-14-20(24-26(21)3)22(27)25(2)12-11-16-5-8-18(28-4)9-6-16/h5-10,13-14H,11-12H2,1-4H3. The van der Waals surface area contributed by atoms with Crippen molar-refractivity contribution in [1.29, 1.82) is 0 Å². The highest BCUT2D eigenvalue weighted by molar-refractivity contribution is 5.93. The van der Waals surface area contributed by atoms with E-state index in [4.69, 9.17) is 4.74 Å². The van der Waals surface area contributed by atoms with Crippen LogP contribution in [0.3, 0.4) is 0 Å². The van der Waals surface area contributed by atoms with Crippen LogP contribution < -0.4 is 4.74 Å². The minimum absolute atomic E-state index is 0.144. The predicted octanol–water partition coefficient (Wildman–Crippen LogP) is 3.86. The molecule has 0 unspecified atom stereocenters. The van der Waals surface area contributed by atoms with Crippen LogP contribution in [-0.2, 0) is 13.5 Å². The van der Waals surface area contributed by atoms with Gasteiger partial charge in [-0.15, -0.1) is 0 Å². The number of ether oxygens (including phenoxy) is 1. The normalized spacial score (nSPS) is 10.8. The Hall–Kier alpha value is -3.15. The maximum Gasteiger partial charge on any atom is 0.274 e. The minimum atomic E-state index is -0.250. The lowest BCUT2D eigenvalue weighted by molar-refractivity contribution is 0.0790. The molecule has 3 aromatic rings. The first-order valence-corrected chi connectivity index (χ1v) is 9.08. The fraction of sp³-hybridized carbons (Fsp3) is 0.273. The SMILES string of the molecule is COc1ccc(CCN(C)C(=O)c2cc(-c3ccc(F)c(C)c3)n(C)n2)cc1. The maximum atomic E-state index is 13.5. The van der Waals surface area contributed by atoms with Gasteiger partial charge < -0.3 is 9.64 Å². The van der Waals surface area contributed by atoms with Gasteiger partial charge in [-0.3, -0.25) is 9.48 Å². The summed E-state index contributed by atoms with van der Waals surface area (Å²) in [6.45, 7) is 2.29. The van der Waals surface area contributed by atoms with E-state index in [1.54, 1.807) is 55.9 Å². The van der Waals surface area contributed by atoms with Crippen LogP contribution in [0.2, 0.25) is 0 Å². The number of rotatable bonds is 6. The lowest BCUT2D eigenvalue weighted by atomic mass is 10.1. The predicted molar refractivity (Wildman–Crippen MR) is 107 cm³/mol. The molecule has 28 heavy (non-hydrogen) atoms. The van der Waals surface area contributed by atoms with Crippen LogP contribution in [0.5, 0.6) is 5.75 Å². The zero-order valence-corrected chi connectivity index (χ0v) is 16.6. The summed E-state index contributed by atoms with van der Waals surface area (Å²) in [5, 5.41) is 4.35. The quantitative estimate of drug-likeness (QED) is 0.651. The second-order valence-corrected chi connectivity index (χ2v) is 6.83. The molecule has 0 aliphatic rings. The number of halogens is 1. The van der Waals surface area contributed by atoms with Gasteiger partial charge in [0, 0.05) is 26.2 Å². The Morgan fingerprint density at radius 1 is 1.18 bits per heavy atom. The molecule has 0 aliphatic heterocycles. The van der Waals surface area contributed by atoms with Crippen LogP contribution in [0, 0.1) is 12.7 Å². The number of benzene rings is 2. The number of aryl methyl sites for hydroxylation is 2. The molecule has 0 bridgehead atoms. The first-order chi connectivity index (χ1) is 13.4. The molecule has 0 aliphatic carbocycles. The van der Waals surface area contributed by atoms with Gasteiger partial charge in [-0.05, 0) is 60.9 Å². The van der Waals surface area contributed by atoms with Crippen LogP contribution in [0.15, 0.2) is 48.5 Å². The topological polar surface area (TPSA) is 47.4 Å². The second kappa shape index (κ2) is 8.25. The summed E-state index contributed by atoms with van der Waals surface area (Å²) in [5.41, 5.74) is 3.66. The van der Waals surface area contributed by atoms with Gasteiger partial charge in [-0.1, -0.05) is 12.1 Å². The Bertz CT molecular complexity index is 980. The monoisotopic (exact) mass is 381 g/mol. The highest BCUT2D eigenvalue weighted by Gasteiger charge is 2.18. The Morgan fingerprint density at radius 2 is 1.89 bits per heavy atom. The van der Waals surface area contributed by atoms with Gasteiger partial charge in [0.25, 0.3) is 5.91 Å². The number of hydrogen-bond donors (Lipinski definition) is 0. The van der Waals surface area contributed by atoms with Crippen molar-refractivity contribution in [2.24, 2.45) is 7.05 Å². The Kier molecular flexibility index (Phi) is 5.78. The number of aromatic nitrogens is 2. The summed E-state index contributed by atoms with van der Waals surface area (Å²) in [4.78, 5) is 14.4. The molecular formula is C22H24FN3O2. The number of nitrogens with zero attached hydrogens (tertiary/aromatic N) is 3. The van der Waals surface area contributed by atoms with Crippen molar-refractivity contribution in [3.63, 3.8) is 0 Å². The van der Waals surface area contributed by atoms with Gasteiger partial charge in [0.15, 0.2) is 5.69 Å². The number of amides is 1. The summed E-state index contributed by atoms with van der Waals surface area (Å²) < 4.78 is 20.3. The van der Waals surface area contributed by atoms with Crippen molar-refractivity contribution in [3.05, 3.63) is 71.2 Å². The zero-order chi connectivity index (χ0) is 20.3. The van der Waals surface area contributed by atoms with Crippen molar-refractivity contribution in [2.75, 3.05) is 20.7 Å². The second-order valence-electron chi connectivity index (χ2n) is 6.83. The van der Waals surface area contributed by atoms with E-state index in [1.807, 2.05) is 24.3 Å². The molecule has 0 atom stereocenters. The van der Waals surface area contributed by atoms with E-state index in [0.717, 1.165) is 29.0 Å². The average Bonchev–Trinajstić information content (AvgIpc) is 3.09. The van der Waals surface area contributed by atoms with Crippen LogP contribution in [0.4, 0.5) is 4.39 Å². The number of hydrogen-bond acceptors (Lipinski definition) is 3. The van der Waals surface area contributed by atoms with E-state index in [2.05, 4.69) is 5.10 Å². The molecule has 1 amide bonds. The Labute approximate surface area is 164 Å². The van der Waals surface area contributed by atoms with Gasteiger partial charge in [0.2, 0.25) is 0 Å². The number of methoxy groups -OCH3 is 1. The maximum absolute atomic E-state index is 13.5. The summed E-state index contributed by atoms with van der Waals surface area (Å²) in [7, 11) is 5.18. The summed E-state index contributed by atoms with van der Waals surface area (Å²) in [5.74, 6) is 0.417.